The number of aromatic nitrogens is 2. The molecule has 7 nitrogen and oxygen atoms in total. The second-order valence-corrected chi connectivity index (χ2v) is 5.35. The molecule has 1 amide bonds. The lowest BCUT2D eigenvalue weighted by Crippen LogP contribution is -2.40. The van der Waals surface area contributed by atoms with Crippen LogP contribution in [0.2, 0.25) is 0 Å². The smallest absolute Gasteiger partial charge is 0.415 e. The van der Waals surface area contributed by atoms with Gasteiger partial charge in [-0.3, -0.25) is 9.69 Å². The number of aliphatic carboxylic acids is 1. The Morgan fingerprint density at radius 2 is 2.00 bits per heavy atom. The van der Waals surface area contributed by atoms with Crippen LogP contribution >= 0.6 is 0 Å². The summed E-state index contributed by atoms with van der Waals surface area (Å²) >= 11 is 0. The van der Waals surface area contributed by atoms with Crippen LogP contribution in [0.25, 0.3) is 0 Å². The highest BCUT2D eigenvalue weighted by molar-refractivity contribution is 5.89. The fourth-order valence-electron chi connectivity index (χ4n) is 2.90. The topological polar surface area (TPSA) is 92.6 Å². The molecule has 3 rings (SSSR count). The summed E-state index contributed by atoms with van der Waals surface area (Å²) in [6.07, 6.45) is 6.38. The average molecular weight is 277 g/mol. The van der Waals surface area contributed by atoms with Gasteiger partial charge in [-0.1, -0.05) is 0 Å². The van der Waals surface area contributed by atoms with Crippen LogP contribution in [0.15, 0.2) is 18.7 Å². The fourth-order valence-corrected chi connectivity index (χ4v) is 2.90. The number of hydrogen-bond donors (Lipinski definition) is 1. The van der Waals surface area contributed by atoms with E-state index in [0.717, 1.165) is 0 Å². The minimum absolute atomic E-state index is 0.326. The molecule has 1 aliphatic heterocycles. The molecule has 1 N–H and O–H groups in total. The number of carboxylic acids is 1. The number of hydrogen-bond acceptors (Lipinski definition) is 5. The number of rotatable bonds is 2. The van der Waals surface area contributed by atoms with Crippen LogP contribution in [0.1, 0.15) is 25.7 Å². The van der Waals surface area contributed by atoms with Gasteiger partial charge in [0.15, 0.2) is 0 Å². The molecule has 106 valence electrons. The van der Waals surface area contributed by atoms with Crippen molar-refractivity contribution in [3.8, 4) is 0 Å². The maximum Gasteiger partial charge on any atom is 0.415 e. The molecule has 2 heterocycles. The largest absolute Gasteiger partial charge is 0.481 e. The number of amides is 1. The van der Waals surface area contributed by atoms with Crippen molar-refractivity contribution in [2.45, 2.75) is 31.3 Å². The van der Waals surface area contributed by atoms with Crippen molar-refractivity contribution in [1.82, 2.24) is 9.97 Å². The van der Waals surface area contributed by atoms with Crippen LogP contribution in [0.4, 0.5) is 10.5 Å². The summed E-state index contributed by atoms with van der Waals surface area (Å²) in [7, 11) is 0. The van der Waals surface area contributed by atoms with Gasteiger partial charge in [-0.2, -0.15) is 0 Å². The van der Waals surface area contributed by atoms with Crippen molar-refractivity contribution in [2.75, 3.05) is 11.4 Å². The predicted molar refractivity (Wildman–Crippen MR) is 68.2 cm³/mol. The van der Waals surface area contributed by atoms with Crippen LogP contribution in [0, 0.1) is 5.92 Å². The summed E-state index contributed by atoms with van der Waals surface area (Å²) in [5, 5.41) is 9.02. The van der Waals surface area contributed by atoms with Crippen LogP contribution in [0.5, 0.6) is 0 Å². The van der Waals surface area contributed by atoms with Gasteiger partial charge in [0.25, 0.3) is 0 Å². The molecule has 2 fully saturated rings. The normalized spacial score (nSPS) is 29.5. The van der Waals surface area contributed by atoms with Gasteiger partial charge in [0.1, 0.15) is 11.9 Å². The Labute approximate surface area is 115 Å². The van der Waals surface area contributed by atoms with Crippen molar-refractivity contribution in [3.05, 3.63) is 18.7 Å². The number of carbonyl (C=O) groups excluding carboxylic acids is 1. The molecule has 1 aromatic heterocycles. The first-order valence-corrected chi connectivity index (χ1v) is 6.58. The zero-order valence-corrected chi connectivity index (χ0v) is 10.9. The van der Waals surface area contributed by atoms with Gasteiger partial charge >= 0.3 is 12.1 Å². The molecule has 1 aliphatic carbocycles. The third kappa shape index (κ3) is 2.19. The molecule has 0 bridgehead atoms. The van der Waals surface area contributed by atoms with E-state index < -0.39 is 17.7 Å². The second-order valence-electron chi connectivity index (χ2n) is 5.35. The van der Waals surface area contributed by atoms with Crippen LogP contribution in [0.3, 0.4) is 0 Å². The van der Waals surface area contributed by atoms with E-state index >= 15 is 0 Å². The maximum absolute atomic E-state index is 12.0. The van der Waals surface area contributed by atoms with Gasteiger partial charge in [-0.25, -0.2) is 14.8 Å². The Balaban J connectivity index is 1.73. The van der Waals surface area contributed by atoms with Gasteiger partial charge in [0.05, 0.1) is 30.5 Å². The molecule has 2 aliphatic rings. The Hall–Kier alpha value is -2.18. The van der Waals surface area contributed by atoms with E-state index in [1.807, 2.05) is 0 Å². The lowest BCUT2D eigenvalue weighted by atomic mass is 9.79. The number of carboxylic acid groups (broad SMARTS) is 1. The third-order valence-electron chi connectivity index (χ3n) is 4.08. The molecule has 0 radical (unpaired) electrons. The number of ether oxygens (including phenoxy) is 1. The highest BCUT2D eigenvalue weighted by Gasteiger charge is 2.48. The summed E-state index contributed by atoms with van der Waals surface area (Å²) < 4.78 is 5.52. The minimum atomic E-state index is -0.766. The molecule has 0 aromatic carbocycles. The summed E-state index contributed by atoms with van der Waals surface area (Å²) in [4.78, 5) is 32.3. The van der Waals surface area contributed by atoms with E-state index in [-0.39, 0.29) is 5.92 Å². The lowest BCUT2D eigenvalue weighted by molar-refractivity contribution is -0.144. The molecule has 0 unspecified atom stereocenters. The first kappa shape index (κ1) is 12.8. The quantitative estimate of drug-likeness (QED) is 0.879. The summed E-state index contributed by atoms with van der Waals surface area (Å²) in [6, 6.07) is 0. The van der Waals surface area contributed by atoms with E-state index in [2.05, 4.69) is 9.97 Å². The predicted octanol–water partition coefficient (Wildman–Crippen LogP) is 1.45. The first-order chi connectivity index (χ1) is 9.60. The third-order valence-corrected chi connectivity index (χ3v) is 4.08. The van der Waals surface area contributed by atoms with Gasteiger partial charge < -0.3 is 9.84 Å². The van der Waals surface area contributed by atoms with E-state index in [9.17, 15) is 9.59 Å². The van der Waals surface area contributed by atoms with Gasteiger partial charge in [-0.05, 0) is 25.7 Å². The Kier molecular flexibility index (Phi) is 3.04. The molecule has 0 atom stereocenters. The monoisotopic (exact) mass is 277 g/mol. The molecular weight excluding hydrogens is 262 g/mol. The molecule has 1 saturated carbocycles. The SMILES string of the molecule is O=C1O[C@]2(CC[C@H](C(=O)O)CC2)CN1c1cncnc1. The van der Waals surface area contributed by atoms with Crippen molar-refractivity contribution in [1.29, 1.82) is 0 Å². The molecular formula is C13H15N3O4. The van der Waals surface area contributed by atoms with Gasteiger partial charge in [0, 0.05) is 0 Å². The van der Waals surface area contributed by atoms with Crippen molar-refractivity contribution >= 4 is 17.7 Å². The summed E-state index contributed by atoms with van der Waals surface area (Å²) in [5.41, 5.74) is 0.0496. The molecule has 7 heteroatoms. The fraction of sp³-hybridized carbons (Fsp3) is 0.538. The maximum atomic E-state index is 12.0. The second kappa shape index (κ2) is 4.73. The van der Waals surface area contributed by atoms with Crippen LogP contribution in [-0.4, -0.2) is 39.3 Å². The summed E-state index contributed by atoms with van der Waals surface area (Å²) in [5.74, 6) is -1.09. The number of nitrogens with zero attached hydrogens (tertiary/aromatic N) is 3. The lowest BCUT2D eigenvalue weighted by Gasteiger charge is -2.33. The standard InChI is InChI=1S/C13H15N3O4/c17-11(18)9-1-3-13(4-2-9)7-16(12(19)20-13)10-5-14-8-15-6-10/h5-6,8-9H,1-4,7H2,(H,17,18)/t9-,13-. The highest BCUT2D eigenvalue weighted by Crippen LogP contribution is 2.40. The van der Waals surface area contributed by atoms with Crippen LogP contribution in [-0.2, 0) is 9.53 Å². The zero-order chi connectivity index (χ0) is 14.2. The number of carbonyl (C=O) groups is 2. The first-order valence-electron chi connectivity index (χ1n) is 6.58. The molecule has 1 aromatic rings. The van der Waals surface area contributed by atoms with E-state index in [1.165, 1.54) is 11.2 Å². The summed E-state index contributed by atoms with van der Waals surface area (Å²) in [6.45, 7) is 0.436. The molecule has 1 saturated heterocycles. The zero-order valence-electron chi connectivity index (χ0n) is 10.9. The Bertz CT molecular complexity index is 526. The van der Waals surface area contributed by atoms with E-state index in [1.54, 1.807) is 12.4 Å². The van der Waals surface area contributed by atoms with E-state index in [0.29, 0.717) is 37.9 Å². The van der Waals surface area contributed by atoms with Gasteiger partial charge in [0.2, 0.25) is 0 Å². The Morgan fingerprint density at radius 3 is 2.60 bits per heavy atom. The minimum Gasteiger partial charge on any atom is -0.481 e. The van der Waals surface area contributed by atoms with Crippen molar-refractivity contribution in [2.24, 2.45) is 5.92 Å². The van der Waals surface area contributed by atoms with Gasteiger partial charge in [-0.15, -0.1) is 0 Å². The Morgan fingerprint density at radius 1 is 1.35 bits per heavy atom. The van der Waals surface area contributed by atoms with E-state index in [4.69, 9.17) is 9.84 Å². The number of anilines is 1. The average Bonchev–Trinajstić information content (AvgIpc) is 2.77. The van der Waals surface area contributed by atoms with Crippen LogP contribution < -0.4 is 4.90 Å². The molecule has 20 heavy (non-hydrogen) atoms. The highest BCUT2D eigenvalue weighted by atomic mass is 16.6. The van der Waals surface area contributed by atoms with Crippen molar-refractivity contribution in [3.63, 3.8) is 0 Å². The molecule has 1 spiro atoms. The van der Waals surface area contributed by atoms with Crippen molar-refractivity contribution < 1.29 is 19.4 Å².